The van der Waals surface area contributed by atoms with Crippen LogP contribution < -0.4 is 10.1 Å². The van der Waals surface area contributed by atoms with Gasteiger partial charge >= 0.3 is 5.97 Å². The Morgan fingerprint density at radius 3 is 2.47 bits per heavy atom. The zero-order chi connectivity index (χ0) is 34.6. The lowest BCUT2D eigenvalue weighted by Crippen LogP contribution is -2.16. The van der Waals surface area contributed by atoms with E-state index < -0.39 is 0 Å². The summed E-state index contributed by atoms with van der Waals surface area (Å²) in [6.07, 6.45) is 8.50. The maximum Gasteiger partial charge on any atom is 0.305 e. The molecule has 9 heteroatoms. The number of carbonyl (C=O) groups excluding carboxylic acids is 1. The number of fused-ring (bicyclic) bond motifs is 5. The maximum atomic E-state index is 12.3. The average molecular weight is 675 g/mol. The molecule has 49 heavy (non-hydrogen) atoms. The highest BCUT2D eigenvalue weighted by Gasteiger charge is 2.41. The van der Waals surface area contributed by atoms with Crippen LogP contribution in [0.2, 0.25) is 0 Å². The topological polar surface area (TPSA) is 105 Å². The van der Waals surface area contributed by atoms with Crippen LogP contribution in [0.4, 0.5) is 0 Å². The Kier molecular flexibility index (Phi) is 8.73. The molecule has 0 saturated carbocycles. The molecule has 1 aromatic carbocycles. The monoisotopic (exact) mass is 674 g/mol. The van der Waals surface area contributed by atoms with E-state index in [9.17, 15) is 9.90 Å². The summed E-state index contributed by atoms with van der Waals surface area (Å²) < 4.78 is 10.5. The summed E-state index contributed by atoms with van der Waals surface area (Å²) in [4.78, 5) is 29.0. The Balaban J connectivity index is 1.39. The van der Waals surface area contributed by atoms with Gasteiger partial charge in [-0.05, 0) is 97.9 Å². The van der Waals surface area contributed by atoms with E-state index >= 15 is 0 Å². The third kappa shape index (κ3) is 5.78. The first-order valence-corrected chi connectivity index (χ1v) is 17.9. The molecule has 0 radical (unpaired) electrons. The van der Waals surface area contributed by atoms with Crippen LogP contribution in [0.3, 0.4) is 0 Å². The number of ether oxygens (including phenoxy) is 2. The van der Waals surface area contributed by atoms with Gasteiger partial charge in [0.1, 0.15) is 11.5 Å². The van der Waals surface area contributed by atoms with Crippen LogP contribution >= 0.6 is 11.8 Å². The molecule has 7 rings (SSSR count). The third-order valence-electron chi connectivity index (χ3n) is 10.5. The van der Waals surface area contributed by atoms with Gasteiger partial charge in [0.2, 0.25) is 0 Å². The van der Waals surface area contributed by atoms with Crippen molar-refractivity contribution in [3.63, 3.8) is 0 Å². The largest absolute Gasteiger partial charge is 0.511 e. The molecule has 8 bridgehead atoms. The van der Waals surface area contributed by atoms with E-state index in [0.29, 0.717) is 25.0 Å². The van der Waals surface area contributed by atoms with Gasteiger partial charge in [0.25, 0.3) is 0 Å². The molecule has 1 saturated heterocycles. The summed E-state index contributed by atoms with van der Waals surface area (Å²) in [7, 11) is 3.12. The van der Waals surface area contributed by atoms with Crippen LogP contribution in [-0.4, -0.2) is 48.2 Å². The minimum atomic E-state index is -0.233. The van der Waals surface area contributed by atoms with Gasteiger partial charge in [0.05, 0.1) is 48.4 Å². The summed E-state index contributed by atoms with van der Waals surface area (Å²) in [5, 5.41) is 15.1. The van der Waals surface area contributed by atoms with Gasteiger partial charge in [-0.25, -0.2) is 15.0 Å². The summed E-state index contributed by atoms with van der Waals surface area (Å²) in [5.41, 5.74) is 14.6. The summed E-state index contributed by atoms with van der Waals surface area (Å²) in [5.74, 6) is 1.74. The normalized spacial score (nSPS) is 22.8. The molecule has 1 aliphatic carbocycles. The molecule has 0 aromatic heterocycles. The van der Waals surface area contributed by atoms with E-state index in [-0.39, 0.29) is 17.8 Å². The molecule has 5 heterocycles. The van der Waals surface area contributed by atoms with Crippen molar-refractivity contribution in [3.05, 3.63) is 116 Å². The number of aliphatic hydroxyl groups is 1. The summed E-state index contributed by atoms with van der Waals surface area (Å²) >= 11 is 1.76. The fourth-order valence-electron chi connectivity index (χ4n) is 7.56. The lowest BCUT2D eigenvalue weighted by Gasteiger charge is -2.17. The highest BCUT2D eigenvalue weighted by Crippen LogP contribution is 2.46. The van der Waals surface area contributed by atoms with Crippen molar-refractivity contribution in [2.24, 2.45) is 26.8 Å². The number of hydrogen-bond donors (Lipinski definition) is 2. The molecular weight excluding hydrogens is 633 g/mol. The lowest BCUT2D eigenvalue weighted by molar-refractivity contribution is -0.140. The lowest BCUT2D eigenvalue weighted by atomic mass is 9.86. The number of nitrogens with one attached hydrogen (secondary N) is 1. The molecule has 252 valence electrons. The molecule has 5 aliphatic heterocycles. The number of methoxy groups -OCH3 is 2. The van der Waals surface area contributed by atoms with E-state index in [2.05, 4.69) is 63.4 Å². The van der Waals surface area contributed by atoms with Crippen molar-refractivity contribution >= 4 is 34.9 Å². The van der Waals surface area contributed by atoms with Gasteiger partial charge in [-0.15, -0.1) is 11.8 Å². The highest BCUT2D eigenvalue weighted by molar-refractivity contribution is 7.99. The number of hydrogen-bond acceptors (Lipinski definition) is 9. The van der Waals surface area contributed by atoms with Crippen molar-refractivity contribution < 1.29 is 19.4 Å². The fraction of sp³-hybridized carbons (Fsp3) is 0.350. The van der Waals surface area contributed by atoms with Crippen LogP contribution in [0.5, 0.6) is 5.75 Å². The molecule has 0 spiro atoms. The summed E-state index contributed by atoms with van der Waals surface area (Å²) in [6, 6.07) is 8.14. The second-order valence-corrected chi connectivity index (χ2v) is 14.2. The quantitative estimate of drug-likeness (QED) is 0.212. The number of allylic oxidation sites excluding steroid dienone is 12. The van der Waals surface area contributed by atoms with Crippen molar-refractivity contribution in [3.8, 4) is 5.75 Å². The van der Waals surface area contributed by atoms with Crippen LogP contribution in [0.25, 0.3) is 0 Å². The molecule has 6 aliphatic rings. The van der Waals surface area contributed by atoms with Gasteiger partial charge in [-0.2, -0.15) is 0 Å². The first-order chi connectivity index (χ1) is 23.6. The highest BCUT2D eigenvalue weighted by atomic mass is 32.2. The van der Waals surface area contributed by atoms with Crippen LogP contribution in [-0.2, 0) is 9.53 Å². The Labute approximate surface area is 292 Å². The van der Waals surface area contributed by atoms with Gasteiger partial charge in [0.15, 0.2) is 0 Å². The van der Waals surface area contributed by atoms with Crippen molar-refractivity contribution in [2.45, 2.75) is 65.2 Å². The number of aliphatic hydroxyl groups excluding tert-OH is 1. The first-order valence-electron chi connectivity index (χ1n) is 16.9. The summed E-state index contributed by atoms with van der Waals surface area (Å²) in [6.45, 7) is 10.7. The Bertz CT molecular complexity index is 2050. The zero-order valence-corrected chi connectivity index (χ0v) is 30.0. The fourth-order valence-corrected chi connectivity index (χ4v) is 8.61. The average Bonchev–Trinajstić information content (AvgIpc) is 3.85. The van der Waals surface area contributed by atoms with Gasteiger partial charge in [-0.3, -0.25) is 4.79 Å². The minimum Gasteiger partial charge on any atom is -0.511 e. The second-order valence-electron chi connectivity index (χ2n) is 13.2. The predicted molar refractivity (Wildman–Crippen MR) is 197 cm³/mol. The zero-order valence-electron chi connectivity index (χ0n) is 29.2. The Morgan fingerprint density at radius 1 is 1.00 bits per heavy atom. The number of nitrogens with zero attached hydrogens (tertiary/aromatic N) is 3. The molecule has 2 atom stereocenters. The first kappa shape index (κ1) is 32.9. The van der Waals surface area contributed by atoms with Crippen molar-refractivity contribution in [1.82, 2.24) is 5.32 Å². The van der Waals surface area contributed by atoms with E-state index in [4.69, 9.17) is 24.5 Å². The molecule has 2 N–H and O–H groups in total. The second kappa shape index (κ2) is 13.0. The van der Waals surface area contributed by atoms with Crippen LogP contribution in [0.15, 0.2) is 136 Å². The maximum absolute atomic E-state index is 12.3. The number of benzene rings is 1. The van der Waals surface area contributed by atoms with Gasteiger partial charge in [-0.1, -0.05) is 19.9 Å². The van der Waals surface area contributed by atoms with E-state index in [0.717, 1.165) is 96.3 Å². The Hall–Kier alpha value is -4.63. The van der Waals surface area contributed by atoms with E-state index in [1.807, 2.05) is 19.1 Å². The molecule has 0 unspecified atom stereocenters. The number of carbonyl (C=O) groups is 1. The molecular formula is C40H42N4O4S. The van der Waals surface area contributed by atoms with Crippen molar-refractivity contribution in [2.75, 3.05) is 20.0 Å². The number of rotatable bonds is 8. The SMILES string of the molecule is CCC1=C(C)C2=NC1=CC1=C(C)C3=C(O)CC(=C4NC(=CC5=NC(=C2)C(CSc2cccc(OC)c2)=C5C)[C@@H](C)[C@@H]4CCC(=O)OC)C3=N1. The third-order valence-corrected chi connectivity index (χ3v) is 11.5. The molecule has 0 amide bonds. The van der Waals surface area contributed by atoms with Crippen LogP contribution in [0, 0.1) is 11.8 Å². The van der Waals surface area contributed by atoms with Gasteiger partial charge < -0.3 is 19.9 Å². The van der Waals surface area contributed by atoms with E-state index in [1.165, 1.54) is 18.3 Å². The minimum absolute atomic E-state index is 0.0110. The van der Waals surface area contributed by atoms with Crippen molar-refractivity contribution in [1.29, 1.82) is 0 Å². The van der Waals surface area contributed by atoms with Crippen LogP contribution in [0.1, 0.15) is 60.3 Å². The molecule has 1 aromatic rings. The van der Waals surface area contributed by atoms with E-state index in [1.54, 1.807) is 18.9 Å². The number of esters is 1. The van der Waals surface area contributed by atoms with Gasteiger partial charge in [0, 0.05) is 57.9 Å². The smallest absolute Gasteiger partial charge is 0.305 e. The Morgan fingerprint density at radius 2 is 1.73 bits per heavy atom. The predicted octanol–water partition coefficient (Wildman–Crippen LogP) is 8.41. The molecule has 1 fully saturated rings. The molecule has 8 nitrogen and oxygen atoms in total. The number of aliphatic imine (C=N–C) groups is 3. The number of thioether (sulfide) groups is 1. The standard InChI is InChI=1S/C40H42N4O4S/c1-8-26-20(2)31-17-35-29(19-49-25-11-9-10-24(14-25)47-6)22(4)30(42-35)16-32-21(3)27(12-13-37(46)48-7)39(43-32)28-15-36(45)38-23(5)33(44-40(28)38)18-34(26)41-31/h9-11,14,16-18,21,27,43,45H,8,12-13,15,19H2,1-7H3/t21-,27-/m0/s1.